The van der Waals surface area contributed by atoms with E-state index in [0.29, 0.717) is 10.6 Å². The molecule has 1 aromatic heterocycles. The molecule has 0 atom stereocenters. The fourth-order valence-electron chi connectivity index (χ4n) is 2.05. The molecule has 3 nitrogen and oxygen atoms in total. The van der Waals surface area contributed by atoms with Gasteiger partial charge in [-0.15, -0.1) is 11.3 Å². The van der Waals surface area contributed by atoms with E-state index in [1.165, 1.54) is 11.3 Å². The largest absolute Gasteiger partial charge is 0.399 e. The molecule has 0 unspecified atom stereocenters. The van der Waals surface area contributed by atoms with Gasteiger partial charge in [-0.05, 0) is 42.1 Å². The van der Waals surface area contributed by atoms with Crippen molar-refractivity contribution in [1.29, 1.82) is 0 Å². The SMILES string of the molecule is Cc1ccc(N)cc1NC(=O)c1cc2ccccc2s1. The van der Waals surface area contributed by atoms with Gasteiger partial charge in [0.15, 0.2) is 0 Å². The van der Waals surface area contributed by atoms with Gasteiger partial charge in [0.05, 0.1) is 4.88 Å². The number of aryl methyl sites for hydroxylation is 1. The van der Waals surface area contributed by atoms with Crippen molar-refractivity contribution >= 4 is 38.7 Å². The van der Waals surface area contributed by atoms with Crippen molar-refractivity contribution in [3.8, 4) is 0 Å². The molecule has 3 N–H and O–H groups in total. The molecule has 0 aliphatic heterocycles. The summed E-state index contributed by atoms with van der Waals surface area (Å²) in [6.07, 6.45) is 0. The Morgan fingerprint density at radius 3 is 2.75 bits per heavy atom. The van der Waals surface area contributed by atoms with Gasteiger partial charge in [0.25, 0.3) is 5.91 Å². The predicted molar refractivity (Wildman–Crippen MR) is 85.4 cm³/mol. The van der Waals surface area contributed by atoms with Crippen molar-refractivity contribution in [3.05, 3.63) is 59.0 Å². The molecule has 4 heteroatoms. The third kappa shape index (κ3) is 2.38. The first kappa shape index (κ1) is 12.7. The number of anilines is 2. The number of carbonyl (C=O) groups is 1. The predicted octanol–water partition coefficient (Wildman–Crippen LogP) is 4.04. The number of nitrogens with one attached hydrogen (secondary N) is 1. The van der Waals surface area contributed by atoms with Crippen LogP contribution in [0.1, 0.15) is 15.2 Å². The Morgan fingerprint density at radius 2 is 1.95 bits per heavy atom. The van der Waals surface area contributed by atoms with Gasteiger partial charge in [0, 0.05) is 16.1 Å². The first-order valence-corrected chi connectivity index (χ1v) is 7.11. The van der Waals surface area contributed by atoms with E-state index in [0.717, 1.165) is 21.3 Å². The van der Waals surface area contributed by atoms with Crippen molar-refractivity contribution in [2.45, 2.75) is 6.92 Å². The highest BCUT2D eigenvalue weighted by molar-refractivity contribution is 7.20. The van der Waals surface area contributed by atoms with E-state index in [9.17, 15) is 4.79 Å². The average molecular weight is 282 g/mol. The summed E-state index contributed by atoms with van der Waals surface area (Å²) < 4.78 is 1.11. The number of amides is 1. The molecule has 2 aromatic carbocycles. The van der Waals surface area contributed by atoms with Crippen LogP contribution in [0.15, 0.2) is 48.5 Å². The van der Waals surface area contributed by atoms with Crippen LogP contribution in [-0.2, 0) is 0 Å². The fourth-order valence-corrected chi connectivity index (χ4v) is 3.01. The lowest BCUT2D eigenvalue weighted by Gasteiger charge is -2.08. The molecule has 0 saturated heterocycles. The number of hydrogen-bond acceptors (Lipinski definition) is 3. The van der Waals surface area contributed by atoms with Crippen molar-refractivity contribution in [2.24, 2.45) is 0 Å². The summed E-state index contributed by atoms with van der Waals surface area (Å²) in [6.45, 7) is 1.94. The molecule has 3 aromatic rings. The van der Waals surface area contributed by atoms with Gasteiger partial charge in [0.1, 0.15) is 0 Å². The van der Waals surface area contributed by atoms with Gasteiger partial charge >= 0.3 is 0 Å². The third-order valence-corrected chi connectivity index (χ3v) is 4.27. The molecule has 0 spiro atoms. The average Bonchev–Trinajstić information content (AvgIpc) is 2.87. The zero-order valence-electron chi connectivity index (χ0n) is 11.0. The van der Waals surface area contributed by atoms with E-state index in [1.54, 1.807) is 6.07 Å². The summed E-state index contributed by atoms with van der Waals surface area (Å²) >= 11 is 1.49. The molecular weight excluding hydrogens is 268 g/mol. The minimum Gasteiger partial charge on any atom is -0.399 e. The monoisotopic (exact) mass is 282 g/mol. The Balaban J connectivity index is 1.90. The number of rotatable bonds is 2. The number of fused-ring (bicyclic) bond motifs is 1. The maximum atomic E-state index is 12.3. The minimum atomic E-state index is -0.0973. The van der Waals surface area contributed by atoms with Crippen LogP contribution >= 0.6 is 11.3 Å². The second-order valence-corrected chi connectivity index (χ2v) is 5.76. The zero-order chi connectivity index (χ0) is 14.1. The molecule has 0 aliphatic rings. The van der Waals surface area contributed by atoms with Crippen LogP contribution in [0.5, 0.6) is 0 Å². The van der Waals surface area contributed by atoms with Gasteiger partial charge in [-0.2, -0.15) is 0 Å². The zero-order valence-corrected chi connectivity index (χ0v) is 11.8. The molecule has 0 saturated carbocycles. The van der Waals surface area contributed by atoms with Crippen LogP contribution in [-0.4, -0.2) is 5.91 Å². The number of carbonyl (C=O) groups excluding carboxylic acids is 1. The summed E-state index contributed by atoms with van der Waals surface area (Å²) in [5.74, 6) is -0.0973. The number of nitrogen functional groups attached to an aromatic ring is 1. The molecule has 0 aliphatic carbocycles. The molecule has 20 heavy (non-hydrogen) atoms. The summed E-state index contributed by atoms with van der Waals surface area (Å²) in [6, 6.07) is 15.4. The quantitative estimate of drug-likeness (QED) is 0.697. The topological polar surface area (TPSA) is 55.1 Å². The van der Waals surface area contributed by atoms with E-state index >= 15 is 0 Å². The maximum absolute atomic E-state index is 12.3. The van der Waals surface area contributed by atoms with E-state index in [-0.39, 0.29) is 5.91 Å². The van der Waals surface area contributed by atoms with E-state index < -0.39 is 0 Å². The Bertz CT molecular complexity index is 759. The van der Waals surface area contributed by atoms with Crippen molar-refractivity contribution < 1.29 is 4.79 Å². The Morgan fingerprint density at radius 1 is 1.15 bits per heavy atom. The summed E-state index contributed by atoms with van der Waals surface area (Å²) in [5, 5.41) is 4.01. The second kappa shape index (κ2) is 4.98. The third-order valence-electron chi connectivity index (χ3n) is 3.16. The second-order valence-electron chi connectivity index (χ2n) is 4.68. The van der Waals surface area contributed by atoms with E-state index in [1.807, 2.05) is 49.4 Å². The highest BCUT2D eigenvalue weighted by Gasteiger charge is 2.11. The van der Waals surface area contributed by atoms with Gasteiger partial charge < -0.3 is 11.1 Å². The van der Waals surface area contributed by atoms with Crippen LogP contribution in [0.4, 0.5) is 11.4 Å². The number of hydrogen-bond donors (Lipinski definition) is 2. The van der Waals surface area contributed by atoms with Gasteiger partial charge in [0.2, 0.25) is 0 Å². The lowest BCUT2D eigenvalue weighted by Crippen LogP contribution is -2.11. The highest BCUT2D eigenvalue weighted by atomic mass is 32.1. The van der Waals surface area contributed by atoms with Crippen LogP contribution in [0, 0.1) is 6.92 Å². The number of benzene rings is 2. The standard InChI is InChI=1S/C16H14N2OS/c1-10-6-7-12(17)9-13(10)18-16(19)15-8-11-4-2-3-5-14(11)20-15/h2-9H,17H2,1H3,(H,18,19). The van der Waals surface area contributed by atoms with Gasteiger partial charge in [-0.1, -0.05) is 24.3 Å². The lowest BCUT2D eigenvalue weighted by atomic mass is 10.2. The Labute approximate surface area is 121 Å². The molecular formula is C16H14N2OS. The van der Waals surface area contributed by atoms with E-state index in [2.05, 4.69) is 5.32 Å². The number of thiophene rings is 1. The van der Waals surface area contributed by atoms with Crippen molar-refractivity contribution in [1.82, 2.24) is 0 Å². The molecule has 3 rings (SSSR count). The van der Waals surface area contributed by atoms with Crippen LogP contribution in [0.25, 0.3) is 10.1 Å². The summed E-state index contributed by atoms with van der Waals surface area (Å²) in [7, 11) is 0. The Hall–Kier alpha value is -2.33. The first-order chi connectivity index (χ1) is 9.63. The van der Waals surface area contributed by atoms with Crippen molar-refractivity contribution in [2.75, 3.05) is 11.1 Å². The molecule has 0 bridgehead atoms. The van der Waals surface area contributed by atoms with Crippen LogP contribution in [0.3, 0.4) is 0 Å². The van der Waals surface area contributed by atoms with Crippen molar-refractivity contribution in [3.63, 3.8) is 0 Å². The normalized spacial score (nSPS) is 10.7. The molecule has 100 valence electrons. The van der Waals surface area contributed by atoms with Gasteiger partial charge in [-0.25, -0.2) is 0 Å². The first-order valence-electron chi connectivity index (χ1n) is 6.29. The van der Waals surface area contributed by atoms with Crippen LogP contribution in [0.2, 0.25) is 0 Å². The van der Waals surface area contributed by atoms with E-state index in [4.69, 9.17) is 5.73 Å². The molecule has 0 radical (unpaired) electrons. The van der Waals surface area contributed by atoms with Crippen LogP contribution < -0.4 is 11.1 Å². The fraction of sp³-hybridized carbons (Fsp3) is 0.0625. The molecule has 1 heterocycles. The van der Waals surface area contributed by atoms with Gasteiger partial charge in [-0.3, -0.25) is 4.79 Å². The molecule has 1 amide bonds. The summed E-state index contributed by atoms with van der Waals surface area (Å²) in [5.41, 5.74) is 8.15. The molecule has 0 fully saturated rings. The Kier molecular flexibility index (Phi) is 3.16. The highest BCUT2D eigenvalue weighted by Crippen LogP contribution is 2.26. The maximum Gasteiger partial charge on any atom is 0.265 e. The minimum absolute atomic E-state index is 0.0973. The summed E-state index contributed by atoms with van der Waals surface area (Å²) in [4.78, 5) is 13.0. The smallest absolute Gasteiger partial charge is 0.265 e. The lowest BCUT2D eigenvalue weighted by molar-refractivity contribution is 0.103. The number of nitrogens with two attached hydrogens (primary N) is 1.